The summed E-state index contributed by atoms with van der Waals surface area (Å²) in [6.07, 6.45) is 7.21. The van der Waals surface area contributed by atoms with E-state index < -0.39 is 16.4 Å². The van der Waals surface area contributed by atoms with Crippen LogP contribution in [0.3, 0.4) is 0 Å². The van der Waals surface area contributed by atoms with Crippen molar-refractivity contribution in [2.75, 3.05) is 5.32 Å². The molecule has 0 saturated heterocycles. The van der Waals surface area contributed by atoms with Gasteiger partial charge in [-0.1, -0.05) is 6.08 Å². The first-order valence-corrected chi connectivity index (χ1v) is 11.8. The molecule has 31 heavy (non-hydrogen) atoms. The number of nitrogens with zero attached hydrogens (tertiary/aromatic N) is 3. The van der Waals surface area contributed by atoms with E-state index in [-0.39, 0.29) is 23.5 Å². The van der Waals surface area contributed by atoms with Gasteiger partial charge in [-0.2, -0.15) is 13.5 Å². The molecule has 1 saturated carbocycles. The van der Waals surface area contributed by atoms with Crippen molar-refractivity contribution in [2.45, 2.75) is 83.8 Å². The second-order valence-corrected chi connectivity index (χ2v) is 10.5. The first kappa shape index (κ1) is 23.1. The van der Waals surface area contributed by atoms with Crippen molar-refractivity contribution < 1.29 is 18.3 Å². The van der Waals surface area contributed by atoms with Crippen molar-refractivity contribution in [3.05, 3.63) is 35.7 Å². The van der Waals surface area contributed by atoms with Crippen molar-refractivity contribution in [1.82, 2.24) is 14.7 Å². The summed E-state index contributed by atoms with van der Waals surface area (Å²) < 4.78 is 24.2. The van der Waals surface area contributed by atoms with Crippen molar-refractivity contribution in [3.8, 4) is 0 Å². The molecule has 170 valence electrons. The number of rotatable bonds is 5. The molecule has 0 spiro atoms. The number of aromatic nitrogens is 2. The van der Waals surface area contributed by atoms with Gasteiger partial charge in [0, 0.05) is 36.2 Å². The van der Waals surface area contributed by atoms with Crippen LogP contribution in [-0.4, -0.2) is 51.2 Å². The molecule has 0 aromatic carbocycles. The molecule has 9 heteroatoms. The Hall–Kier alpha value is -2.55. The maximum atomic E-state index is 11.7. The van der Waals surface area contributed by atoms with Gasteiger partial charge in [0.25, 0.3) is 0 Å². The minimum absolute atomic E-state index is 0.00426. The largest absolute Gasteiger partial charge is 0.465 e. The molecule has 0 aliphatic heterocycles. The van der Waals surface area contributed by atoms with Crippen LogP contribution in [0, 0.1) is 0 Å². The minimum Gasteiger partial charge on any atom is -0.465 e. The minimum atomic E-state index is -2.20. The lowest BCUT2D eigenvalue weighted by Gasteiger charge is -2.30. The van der Waals surface area contributed by atoms with Gasteiger partial charge in [-0.3, -0.25) is 0 Å². The zero-order valence-corrected chi connectivity index (χ0v) is 19.6. The van der Waals surface area contributed by atoms with Crippen molar-refractivity contribution in [3.63, 3.8) is 0 Å². The van der Waals surface area contributed by atoms with Crippen LogP contribution >= 0.6 is 0 Å². The van der Waals surface area contributed by atoms with Gasteiger partial charge in [0.05, 0.1) is 16.1 Å². The van der Waals surface area contributed by atoms with Crippen LogP contribution in [0.5, 0.6) is 0 Å². The Morgan fingerprint density at radius 1 is 1.29 bits per heavy atom. The van der Waals surface area contributed by atoms with E-state index in [1.54, 1.807) is 17.1 Å². The highest BCUT2D eigenvalue weighted by Crippen LogP contribution is 2.39. The topological polar surface area (TPSA) is 105 Å². The number of hydrogen-bond acceptors (Lipinski definition) is 5. The van der Waals surface area contributed by atoms with Crippen LogP contribution < -0.4 is 5.32 Å². The monoisotopic (exact) mass is 448 g/mol. The van der Waals surface area contributed by atoms with Crippen LogP contribution in [0.2, 0.25) is 0 Å². The molecular formula is C22H32N4O4S. The summed E-state index contributed by atoms with van der Waals surface area (Å²) in [5.41, 5.74) is 1.53. The Labute approximate surface area is 185 Å². The first-order valence-electron chi connectivity index (χ1n) is 10.7. The molecule has 0 bridgehead atoms. The Kier molecular flexibility index (Phi) is 6.64. The van der Waals surface area contributed by atoms with E-state index in [0.29, 0.717) is 11.3 Å². The molecule has 0 radical (unpaired) electrons. The van der Waals surface area contributed by atoms with Crippen LogP contribution in [0.25, 0.3) is 0 Å². The Bertz CT molecular complexity index is 1040. The molecule has 0 unspecified atom stereocenters. The van der Waals surface area contributed by atoms with Gasteiger partial charge in [-0.05, 0) is 66.0 Å². The van der Waals surface area contributed by atoms with Crippen molar-refractivity contribution in [1.29, 1.82) is 0 Å². The lowest BCUT2D eigenvalue weighted by atomic mass is 10.0. The van der Waals surface area contributed by atoms with Crippen LogP contribution in [0.1, 0.15) is 71.9 Å². The van der Waals surface area contributed by atoms with Crippen LogP contribution in [0.15, 0.2) is 30.0 Å². The maximum absolute atomic E-state index is 11.7. The first-order chi connectivity index (χ1) is 14.5. The number of hydrogen-bond donors (Lipinski definition) is 2. The van der Waals surface area contributed by atoms with E-state index in [0.717, 1.165) is 36.5 Å². The zero-order valence-electron chi connectivity index (χ0n) is 18.8. The van der Waals surface area contributed by atoms with Gasteiger partial charge >= 0.3 is 6.09 Å². The standard InChI is InChI=1S/C22H32N4O4S/c1-14(2)25(21(27)28)17-9-6-15(12-17)19-13-20(26(24-19)22(3,4)5)23-16-7-10-18(11-8-16)31(29)30/h7-8,10,13-15,17,23H,6,9,11-12H2,1-5H3,(H,27,28)/t15-,17+/m0/s1. The van der Waals surface area contributed by atoms with Gasteiger partial charge < -0.3 is 15.3 Å². The Morgan fingerprint density at radius 3 is 2.52 bits per heavy atom. The number of allylic oxidation sites excluding steroid dienone is 3. The predicted octanol–water partition coefficient (Wildman–Crippen LogP) is 3.97. The molecule has 2 aliphatic carbocycles. The number of anilines is 1. The summed E-state index contributed by atoms with van der Waals surface area (Å²) in [6, 6.07) is 1.99. The van der Waals surface area contributed by atoms with Gasteiger partial charge in [0.15, 0.2) is 0 Å². The number of carbonyl (C=O) groups is 1. The number of nitrogens with one attached hydrogen (secondary N) is 1. The molecular weight excluding hydrogens is 416 g/mol. The lowest BCUT2D eigenvalue weighted by molar-refractivity contribution is 0.108. The van der Waals surface area contributed by atoms with E-state index in [1.807, 2.05) is 30.7 Å². The average molecular weight is 449 g/mol. The Morgan fingerprint density at radius 2 is 2.00 bits per heavy atom. The second kappa shape index (κ2) is 8.90. The summed E-state index contributed by atoms with van der Waals surface area (Å²) in [6.45, 7) is 10.1. The molecule has 2 aliphatic rings. The zero-order chi connectivity index (χ0) is 22.9. The van der Waals surface area contributed by atoms with E-state index in [9.17, 15) is 18.3 Å². The summed E-state index contributed by atoms with van der Waals surface area (Å²) >= 11 is 0. The fourth-order valence-corrected chi connectivity index (χ4v) is 4.77. The lowest BCUT2D eigenvalue weighted by Crippen LogP contribution is -2.42. The number of amides is 1. The molecule has 1 amide bonds. The van der Waals surface area contributed by atoms with Gasteiger partial charge in [0.1, 0.15) is 5.82 Å². The molecule has 1 aromatic rings. The summed E-state index contributed by atoms with van der Waals surface area (Å²) in [5, 5.41) is 17.9. The summed E-state index contributed by atoms with van der Waals surface area (Å²) in [5.74, 6) is 1.04. The fourth-order valence-electron chi connectivity index (χ4n) is 4.37. The van der Waals surface area contributed by atoms with Crippen molar-refractivity contribution >= 4 is 27.1 Å². The molecule has 1 fully saturated rings. The van der Waals surface area contributed by atoms with Gasteiger partial charge in [-0.15, -0.1) is 0 Å². The molecule has 8 nitrogen and oxygen atoms in total. The van der Waals surface area contributed by atoms with Gasteiger partial charge in [0.2, 0.25) is 10.3 Å². The fraction of sp³-hybridized carbons (Fsp3) is 0.591. The molecule has 3 rings (SSSR count). The van der Waals surface area contributed by atoms with E-state index in [1.165, 1.54) is 0 Å². The summed E-state index contributed by atoms with van der Waals surface area (Å²) in [4.78, 5) is 13.6. The van der Waals surface area contributed by atoms with Crippen LogP contribution in [-0.2, 0) is 15.8 Å². The van der Waals surface area contributed by atoms with E-state index >= 15 is 0 Å². The van der Waals surface area contributed by atoms with Crippen molar-refractivity contribution in [2.24, 2.45) is 0 Å². The van der Waals surface area contributed by atoms with Crippen LogP contribution in [0.4, 0.5) is 10.6 Å². The molecule has 2 atom stereocenters. The van der Waals surface area contributed by atoms with Gasteiger partial charge in [-0.25, -0.2) is 9.48 Å². The second-order valence-electron chi connectivity index (χ2n) is 9.51. The highest BCUT2D eigenvalue weighted by Gasteiger charge is 2.36. The predicted molar refractivity (Wildman–Crippen MR) is 122 cm³/mol. The maximum Gasteiger partial charge on any atom is 0.407 e. The quantitative estimate of drug-likeness (QED) is 0.661. The average Bonchev–Trinajstić information content (AvgIpc) is 3.28. The van der Waals surface area contributed by atoms with E-state index in [2.05, 4.69) is 26.1 Å². The molecule has 1 aromatic heterocycles. The SMILES string of the molecule is CC(C)N(C(=O)O)[C@@H]1CC[C@H](c2cc(NC3=CCC(=S(=O)=O)C=C3)n(C(C)(C)C)n2)C1. The normalized spacial score (nSPS) is 21.4. The third kappa shape index (κ3) is 5.20. The highest BCUT2D eigenvalue weighted by molar-refractivity contribution is 7.73. The third-order valence-corrected chi connectivity index (χ3v) is 6.55. The number of carboxylic acid groups (broad SMARTS) is 1. The molecule has 1 heterocycles. The molecule has 2 N–H and O–H groups in total. The summed E-state index contributed by atoms with van der Waals surface area (Å²) in [7, 11) is -2.20. The smallest absolute Gasteiger partial charge is 0.407 e. The third-order valence-electron chi connectivity index (χ3n) is 5.82. The highest BCUT2D eigenvalue weighted by atomic mass is 32.2. The van der Waals surface area contributed by atoms with E-state index in [4.69, 9.17) is 5.10 Å². The Balaban J connectivity index is 1.83.